The summed E-state index contributed by atoms with van der Waals surface area (Å²) >= 11 is 0. The lowest BCUT2D eigenvalue weighted by Crippen LogP contribution is -2.41. The van der Waals surface area contributed by atoms with Gasteiger partial charge in [0.15, 0.2) is 0 Å². The van der Waals surface area contributed by atoms with Gasteiger partial charge in [-0.15, -0.1) is 0 Å². The molecule has 1 saturated heterocycles. The highest BCUT2D eigenvalue weighted by atomic mass is 16.7. The molecule has 1 atom stereocenters. The quantitative estimate of drug-likeness (QED) is 0.400. The van der Waals surface area contributed by atoms with Crippen LogP contribution in [0.3, 0.4) is 0 Å². The second kappa shape index (κ2) is 8.27. The standard InChI is InChI=1S/C20H29BO5/c1-7-13-24-16-11-9-15(10-12-16)17(14-18(22)23-8-2)21-25-19(3,4)20(5,6)26-21/h7,9-12,17H,1,8,13-14H2,2-6H3. The zero-order valence-corrected chi connectivity index (χ0v) is 16.4. The first-order chi connectivity index (χ1) is 12.2. The molecule has 6 heteroatoms. The molecule has 0 spiro atoms. The van der Waals surface area contributed by atoms with Gasteiger partial charge >= 0.3 is 13.1 Å². The summed E-state index contributed by atoms with van der Waals surface area (Å²) in [6, 6.07) is 7.63. The molecule has 1 aliphatic rings. The minimum atomic E-state index is -0.524. The summed E-state index contributed by atoms with van der Waals surface area (Å²) < 4.78 is 23.0. The van der Waals surface area contributed by atoms with E-state index in [4.69, 9.17) is 18.8 Å². The number of rotatable bonds is 8. The lowest BCUT2D eigenvalue weighted by molar-refractivity contribution is -0.143. The predicted molar refractivity (Wildman–Crippen MR) is 102 cm³/mol. The molecule has 26 heavy (non-hydrogen) atoms. The molecule has 1 fully saturated rings. The average molecular weight is 360 g/mol. The third-order valence-electron chi connectivity index (χ3n) is 4.97. The Bertz CT molecular complexity index is 608. The summed E-state index contributed by atoms with van der Waals surface area (Å²) in [6.45, 7) is 14.2. The second-order valence-electron chi connectivity index (χ2n) is 7.41. The van der Waals surface area contributed by atoms with E-state index >= 15 is 0 Å². The Hall–Kier alpha value is -1.79. The number of hydrogen-bond acceptors (Lipinski definition) is 5. The first kappa shape index (κ1) is 20.5. The van der Waals surface area contributed by atoms with Gasteiger partial charge in [-0.2, -0.15) is 0 Å². The van der Waals surface area contributed by atoms with Gasteiger partial charge in [0.1, 0.15) is 12.4 Å². The van der Waals surface area contributed by atoms with Crippen molar-refractivity contribution >= 4 is 13.1 Å². The number of benzene rings is 1. The third-order valence-corrected chi connectivity index (χ3v) is 4.97. The van der Waals surface area contributed by atoms with Crippen molar-refractivity contribution in [3.8, 4) is 5.75 Å². The fourth-order valence-electron chi connectivity index (χ4n) is 2.79. The number of hydrogen-bond donors (Lipinski definition) is 0. The van der Waals surface area contributed by atoms with Crippen LogP contribution in [0.2, 0.25) is 0 Å². The van der Waals surface area contributed by atoms with E-state index in [0.29, 0.717) is 13.2 Å². The summed E-state index contributed by atoms with van der Waals surface area (Å²) in [5, 5.41) is 0. The minimum absolute atomic E-state index is 0.192. The van der Waals surface area contributed by atoms with Crippen LogP contribution in [0.4, 0.5) is 0 Å². The van der Waals surface area contributed by atoms with E-state index in [-0.39, 0.29) is 18.2 Å². The maximum Gasteiger partial charge on any atom is 0.466 e. The fraction of sp³-hybridized carbons (Fsp3) is 0.550. The molecule has 142 valence electrons. The maximum absolute atomic E-state index is 12.1. The summed E-state index contributed by atoms with van der Waals surface area (Å²) in [5.41, 5.74) is 0.0253. The summed E-state index contributed by atoms with van der Waals surface area (Å²) in [6.07, 6.45) is 1.89. The van der Waals surface area contributed by atoms with E-state index in [1.807, 2.05) is 52.0 Å². The van der Waals surface area contributed by atoms with Crippen LogP contribution in [-0.4, -0.2) is 37.5 Å². The molecule has 0 radical (unpaired) electrons. The van der Waals surface area contributed by atoms with Crippen molar-refractivity contribution in [2.24, 2.45) is 0 Å². The van der Waals surface area contributed by atoms with E-state index in [0.717, 1.165) is 11.3 Å². The van der Waals surface area contributed by atoms with Crippen LogP contribution in [0.25, 0.3) is 0 Å². The zero-order valence-electron chi connectivity index (χ0n) is 16.4. The van der Waals surface area contributed by atoms with Crippen LogP contribution in [0.5, 0.6) is 5.75 Å². The van der Waals surface area contributed by atoms with Crippen molar-refractivity contribution in [2.75, 3.05) is 13.2 Å². The number of carbonyl (C=O) groups is 1. The van der Waals surface area contributed by atoms with Crippen LogP contribution >= 0.6 is 0 Å². The second-order valence-corrected chi connectivity index (χ2v) is 7.41. The highest BCUT2D eigenvalue weighted by Gasteiger charge is 2.54. The fourth-order valence-corrected chi connectivity index (χ4v) is 2.79. The van der Waals surface area contributed by atoms with Crippen molar-refractivity contribution in [1.29, 1.82) is 0 Å². The lowest BCUT2D eigenvalue weighted by atomic mass is 9.66. The van der Waals surface area contributed by atoms with Crippen molar-refractivity contribution < 1.29 is 23.6 Å². The Labute approximate surface area is 156 Å². The molecule has 0 aliphatic carbocycles. The largest absolute Gasteiger partial charge is 0.490 e. The third kappa shape index (κ3) is 4.68. The van der Waals surface area contributed by atoms with Gasteiger partial charge < -0.3 is 18.8 Å². The SMILES string of the molecule is C=CCOc1ccc(C(CC(=O)OCC)B2OC(C)(C)C(C)(C)O2)cc1. The van der Waals surface area contributed by atoms with Gasteiger partial charge in [0.2, 0.25) is 0 Å². The number of ether oxygens (including phenoxy) is 2. The monoisotopic (exact) mass is 360 g/mol. The molecule has 1 aromatic carbocycles. The summed E-state index contributed by atoms with van der Waals surface area (Å²) in [5.74, 6) is 0.222. The summed E-state index contributed by atoms with van der Waals surface area (Å²) in [4.78, 5) is 12.1. The lowest BCUT2D eigenvalue weighted by Gasteiger charge is -2.32. The Balaban J connectivity index is 2.24. The smallest absolute Gasteiger partial charge is 0.466 e. The van der Waals surface area contributed by atoms with Crippen molar-refractivity contribution in [3.05, 3.63) is 42.5 Å². The van der Waals surface area contributed by atoms with Gasteiger partial charge in [0.05, 0.1) is 24.2 Å². The molecule has 1 heterocycles. The molecule has 0 amide bonds. The molecule has 0 saturated carbocycles. The molecule has 2 rings (SSSR count). The van der Waals surface area contributed by atoms with Crippen LogP contribution in [0.15, 0.2) is 36.9 Å². The first-order valence-corrected chi connectivity index (χ1v) is 9.05. The Morgan fingerprint density at radius 1 is 1.19 bits per heavy atom. The topological polar surface area (TPSA) is 54.0 Å². The van der Waals surface area contributed by atoms with Crippen molar-refractivity contribution in [3.63, 3.8) is 0 Å². The van der Waals surface area contributed by atoms with Crippen LogP contribution in [0, 0.1) is 0 Å². The average Bonchev–Trinajstić information content (AvgIpc) is 2.79. The number of esters is 1. The van der Waals surface area contributed by atoms with E-state index in [2.05, 4.69) is 6.58 Å². The molecule has 0 aromatic heterocycles. The van der Waals surface area contributed by atoms with E-state index in [1.165, 1.54) is 0 Å². The molecule has 1 unspecified atom stereocenters. The molecule has 1 aliphatic heterocycles. The highest BCUT2D eigenvalue weighted by molar-refractivity contribution is 6.48. The Morgan fingerprint density at radius 2 is 1.77 bits per heavy atom. The van der Waals surface area contributed by atoms with E-state index < -0.39 is 18.3 Å². The van der Waals surface area contributed by atoms with Crippen LogP contribution in [-0.2, 0) is 18.8 Å². The maximum atomic E-state index is 12.1. The highest BCUT2D eigenvalue weighted by Crippen LogP contribution is 2.42. The van der Waals surface area contributed by atoms with Crippen LogP contribution in [0.1, 0.15) is 52.4 Å². The molecule has 1 aromatic rings. The van der Waals surface area contributed by atoms with E-state index in [9.17, 15) is 4.79 Å². The van der Waals surface area contributed by atoms with Gasteiger partial charge in [-0.3, -0.25) is 4.79 Å². The van der Waals surface area contributed by atoms with Gasteiger partial charge in [-0.05, 0) is 52.3 Å². The zero-order chi connectivity index (χ0) is 19.4. The molecule has 0 N–H and O–H groups in total. The molecule has 0 bridgehead atoms. The van der Waals surface area contributed by atoms with Crippen LogP contribution < -0.4 is 4.74 Å². The predicted octanol–water partition coefficient (Wildman–Crippen LogP) is 3.92. The Morgan fingerprint density at radius 3 is 2.27 bits per heavy atom. The Kier molecular flexibility index (Phi) is 6.53. The van der Waals surface area contributed by atoms with Gasteiger partial charge in [0.25, 0.3) is 0 Å². The van der Waals surface area contributed by atoms with E-state index in [1.54, 1.807) is 13.0 Å². The van der Waals surface area contributed by atoms with Crippen molar-refractivity contribution in [2.45, 2.75) is 58.1 Å². The van der Waals surface area contributed by atoms with Gasteiger partial charge in [-0.25, -0.2) is 0 Å². The first-order valence-electron chi connectivity index (χ1n) is 9.05. The van der Waals surface area contributed by atoms with Gasteiger partial charge in [0, 0.05) is 5.82 Å². The molecular weight excluding hydrogens is 331 g/mol. The molecular formula is C20H29BO5. The van der Waals surface area contributed by atoms with Gasteiger partial charge in [-0.1, -0.05) is 24.8 Å². The minimum Gasteiger partial charge on any atom is -0.490 e. The van der Waals surface area contributed by atoms with Crippen molar-refractivity contribution in [1.82, 2.24) is 0 Å². The molecule has 5 nitrogen and oxygen atoms in total. The summed E-state index contributed by atoms with van der Waals surface area (Å²) in [7, 11) is -0.524. The normalized spacial score (nSPS) is 19.0. The number of carbonyl (C=O) groups excluding carboxylic acids is 1.